The molecule has 0 aliphatic carbocycles. The highest BCUT2D eigenvalue weighted by atomic mass is 32.1. The van der Waals surface area contributed by atoms with Gasteiger partial charge >= 0.3 is 0 Å². The van der Waals surface area contributed by atoms with Crippen LogP contribution in [0.15, 0.2) is 30.9 Å². The number of fused-ring (bicyclic) bond motifs is 2. The molecule has 0 saturated carbocycles. The molecule has 0 atom stereocenters. The van der Waals surface area contributed by atoms with E-state index in [0.717, 1.165) is 41.7 Å². The van der Waals surface area contributed by atoms with Crippen LogP contribution in [0.5, 0.6) is 0 Å². The number of anilines is 1. The molecule has 0 spiro atoms. The molecule has 6 heteroatoms. The van der Waals surface area contributed by atoms with Crippen molar-refractivity contribution in [1.82, 2.24) is 14.5 Å². The largest absolute Gasteiger partial charge is 0.332 e. The maximum atomic E-state index is 13.3. The van der Waals surface area contributed by atoms with Gasteiger partial charge in [0.1, 0.15) is 5.69 Å². The molecular formula is C23H28N4OS. The molecule has 0 radical (unpaired) electrons. The van der Waals surface area contributed by atoms with Crippen LogP contribution >= 0.6 is 11.3 Å². The number of thiazole rings is 1. The Morgan fingerprint density at radius 1 is 1.41 bits per heavy atom. The van der Waals surface area contributed by atoms with Crippen molar-refractivity contribution in [1.29, 1.82) is 0 Å². The van der Waals surface area contributed by atoms with Gasteiger partial charge in [0.05, 0.1) is 5.69 Å². The van der Waals surface area contributed by atoms with E-state index in [1.165, 1.54) is 10.4 Å². The third-order valence-electron chi connectivity index (χ3n) is 5.68. The van der Waals surface area contributed by atoms with Gasteiger partial charge in [-0.05, 0) is 43.1 Å². The Bertz CT molecular complexity index is 1090. The van der Waals surface area contributed by atoms with Gasteiger partial charge in [0.15, 0.2) is 5.13 Å². The summed E-state index contributed by atoms with van der Waals surface area (Å²) in [5.41, 5.74) is 5.15. The second-order valence-electron chi connectivity index (χ2n) is 8.13. The third-order valence-corrected chi connectivity index (χ3v) is 6.67. The van der Waals surface area contributed by atoms with Crippen LogP contribution < -0.4 is 5.32 Å². The molecule has 4 rings (SSSR count). The maximum absolute atomic E-state index is 13.3. The zero-order valence-electron chi connectivity index (χ0n) is 17.6. The number of rotatable bonds is 5. The molecule has 0 saturated heterocycles. The van der Waals surface area contributed by atoms with Crippen LogP contribution in [0.3, 0.4) is 0 Å². The molecule has 1 amide bonds. The lowest BCUT2D eigenvalue weighted by molar-refractivity contribution is 0.101. The van der Waals surface area contributed by atoms with E-state index in [-0.39, 0.29) is 5.91 Å². The van der Waals surface area contributed by atoms with Gasteiger partial charge in [-0.15, -0.1) is 17.9 Å². The van der Waals surface area contributed by atoms with Crippen LogP contribution in [0, 0.1) is 6.92 Å². The Labute approximate surface area is 176 Å². The smallest absolute Gasteiger partial charge is 0.274 e. The van der Waals surface area contributed by atoms with Crippen LogP contribution in [0.4, 0.5) is 5.13 Å². The first-order valence-corrected chi connectivity index (χ1v) is 10.9. The number of aromatic nitrogens is 2. The topological polar surface area (TPSA) is 50.2 Å². The molecule has 1 aromatic carbocycles. The molecule has 0 fully saturated rings. The van der Waals surface area contributed by atoms with Gasteiger partial charge in [0.2, 0.25) is 0 Å². The van der Waals surface area contributed by atoms with Crippen molar-refractivity contribution < 1.29 is 4.79 Å². The fourth-order valence-corrected chi connectivity index (χ4v) is 5.13. The molecule has 3 heterocycles. The van der Waals surface area contributed by atoms with Crippen LogP contribution in [0.25, 0.3) is 10.9 Å². The SMILES string of the molecule is C=CCn1c(C(=O)Nc2nc3c(s2)CN(C)CC3)c(C)c2cc(C(C)C)ccc21. The minimum atomic E-state index is -0.105. The van der Waals surface area contributed by atoms with E-state index in [1.807, 2.05) is 13.0 Å². The number of hydrogen-bond acceptors (Lipinski definition) is 4. The molecule has 152 valence electrons. The van der Waals surface area contributed by atoms with Crippen LogP contribution in [0.2, 0.25) is 0 Å². The Morgan fingerprint density at radius 2 is 2.21 bits per heavy atom. The van der Waals surface area contributed by atoms with E-state index in [2.05, 4.69) is 65.4 Å². The second-order valence-corrected chi connectivity index (χ2v) is 9.22. The lowest BCUT2D eigenvalue weighted by Crippen LogP contribution is -2.25. The van der Waals surface area contributed by atoms with Gasteiger partial charge in [-0.1, -0.05) is 26.0 Å². The maximum Gasteiger partial charge on any atom is 0.274 e. The number of likely N-dealkylation sites (N-methyl/N-ethyl adjacent to an activating group) is 1. The number of nitrogens with one attached hydrogen (secondary N) is 1. The highest BCUT2D eigenvalue weighted by Crippen LogP contribution is 2.31. The van der Waals surface area contributed by atoms with E-state index in [1.54, 1.807) is 11.3 Å². The molecule has 2 aromatic heterocycles. The van der Waals surface area contributed by atoms with Crippen molar-refractivity contribution in [2.75, 3.05) is 18.9 Å². The normalized spacial score (nSPS) is 14.4. The lowest BCUT2D eigenvalue weighted by Gasteiger charge is -2.20. The number of allylic oxidation sites excluding steroid dienone is 1. The van der Waals surface area contributed by atoms with Crippen molar-refractivity contribution in [3.8, 4) is 0 Å². The minimum Gasteiger partial charge on any atom is -0.332 e. The summed E-state index contributed by atoms with van der Waals surface area (Å²) in [4.78, 5) is 21.5. The Hall–Kier alpha value is -2.44. The van der Waals surface area contributed by atoms with Crippen molar-refractivity contribution in [3.05, 3.63) is 58.2 Å². The average Bonchev–Trinajstić information content (AvgIpc) is 3.19. The second kappa shape index (κ2) is 7.76. The molecule has 3 aromatic rings. The van der Waals surface area contributed by atoms with E-state index in [4.69, 9.17) is 0 Å². The minimum absolute atomic E-state index is 0.105. The van der Waals surface area contributed by atoms with Gasteiger partial charge in [0, 0.05) is 41.8 Å². The van der Waals surface area contributed by atoms with E-state index in [9.17, 15) is 4.79 Å². The number of nitrogens with zero attached hydrogens (tertiary/aromatic N) is 3. The Morgan fingerprint density at radius 3 is 2.93 bits per heavy atom. The predicted molar refractivity (Wildman–Crippen MR) is 121 cm³/mol. The van der Waals surface area contributed by atoms with E-state index in [0.29, 0.717) is 23.3 Å². The molecule has 0 bridgehead atoms. The van der Waals surface area contributed by atoms with Crippen LogP contribution in [0.1, 0.15) is 52.0 Å². The fraction of sp³-hybridized carbons (Fsp3) is 0.391. The number of benzene rings is 1. The van der Waals surface area contributed by atoms with Gasteiger partial charge < -0.3 is 9.47 Å². The molecule has 0 unspecified atom stereocenters. The molecule has 1 N–H and O–H groups in total. The standard InChI is InChI=1S/C23H28N4OS/c1-6-10-27-19-8-7-16(14(2)3)12-17(19)15(4)21(27)22(28)25-23-24-18-9-11-26(5)13-20(18)29-23/h6-8,12,14H,1,9-11,13H2,2-5H3,(H,24,25,28). The van der Waals surface area contributed by atoms with Crippen molar-refractivity contribution >= 4 is 33.3 Å². The lowest BCUT2D eigenvalue weighted by atomic mass is 10.0. The highest BCUT2D eigenvalue weighted by molar-refractivity contribution is 7.15. The number of amides is 1. The van der Waals surface area contributed by atoms with Crippen molar-refractivity contribution in [3.63, 3.8) is 0 Å². The average molecular weight is 409 g/mol. The fourth-order valence-electron chi connectivity index (χ4n) is 4.04. The monoisotopic (exact) mass is 408 g/mol. The molecule has 29 heavy (non-hydrogen) atoms. The van der Waals surface area contributed by atoms with Gasteiger partial charge in [-0.25, -0.2) is 4.98 Å². The first-order valence-electron chi connectivity index (χ1n) is 10.1. The summed E-state index contributed by atoms with van der Waals surface area (Å²) < 4.78 is 2.05. The van der Waals surface area contributed by atoms with Crippen LogP contribution in [-0.4, -0.2) is 34.0 Å². The van der Waals surface area contributed by atoms with E-state index < -0.39 is 0 Å². The number of aryl methyl sites for hydroxylation is 1. The Kier molecular flexibility index (Phi) is 5.32. The number of carbonyl (C=O) groups excluding carboxylic acids is 1. The summed E-state index contributed by atoms with van der Waals surface area (Å²) in [6.07, 6.45) is 2.77. The molecule has 1 aliphatic rings. The van der Waals surface area contributed by atoms with Gasteiger partial charge in [-0.2, -0.15) is 0 Å². The summed E-state index contributed by atoms with van der Waals surface area (Å²) >= 11 is 1.59. The highest BCUT2D eigenvalue weighted by Gasteiger charge is 2.23. The zero-order valence-corrected chi connectivity index (χ0v) is 18.4. The molecular weight excluding hydrogens is 380 g/mol. The number of carbonyl (C=O) groups is 1. The summed E-state index contributed by atoms with van der Waals surface area (Å²) in [7, 11) is 2.11. The first kappa shape index (κ1) is 19.9. The van der Waals surface area contributed by atoms with Gasteiger partial charge in [0.25, 0.3) is 5.91 Å². The summed E-state index contributed by atoms with van der Waals surface area (Å²) in [5, 5.41) is 4.88. The summed E-state index contributed by atoms with van der Waals surface area (Å²) in [6.45, 7) is 12.8. The van der Waals surface area contributed by atoms with Crippen LogP contribution in [-0.2, 0) is 19.5 Å². The molecule has 1 aliphatic heterocycles. The molecule has 5 nitrogen and oxygen atoms in total. The van der Waals surface area contributed by atoms with E-state index >= 15 is 0 Å². The van der Waals surface area contributed by atoms with Gasteiger partial charge in [-0.3, -0.25) is 10.1 Å². The predicted octanol–water partition coefficient (Wildman–Crippen LogP) is 4.96. The number of hydrogen-bond donors (Lipinski definition) is 1. The Balaban J connectivity index is 1.72. The quantitative estimate of drug-likeness (QED) is 0.607. The third kappa shape index (κ3) is 3.63. The summed E-state index contributed by atoms with van der Waals surface area (Å²) in [6, 6.07) is 6.48. The first-order chi connectivity index (χ1) is 13.9. The zero-order chi connectivity index (χ0) is 20.7. The van der Waals surface area contributed by atoms with Crippen molar-refractivity contribution in [2.24, 2.45) is 0 Å². The summed E-state index contributed by atoms with van der Waals surface area (Å²) in [5.74, 6) is 0.338. The van der Waals surface area contributed by atoms with Crippen molar-refractivity contribution in [2.45, 2.75) is 46.2 Å².